The van der Waals surface area contributed by atoms with Crippen LogP contribution in [0.4, 0.5) is 0 Å². The Labute approximate surface area is 626 Å². The summed E-state index contributed by atoms with van der Waals surface area (Å²) in [7, 11) is -9.92. The Morgan fingerprint density at radius 3 is 0.745 bits per heavy atom. The number of hydrogen-bond acceptors (Lipinski definition) is 15. The van der Waals surface area contributed by atoms with Crippen LogP contribution in [0, 0.1) is 17.8 Å². The van der Waals surface area contributed by atoms with Crippen LogP contribution in [0.25, 0.3) is 0 Å². The van der Waals surface area contributed by atoms with E-state index in [1.807, 2.05) is 0 Å². The van der Waals surface area contributed by atoms with Crippen LogP contribution >= 0.6 is 15.6 Å². The van der Waals surface area contributed by atoms with E-state index >= 15 is 0 Å². The minimum Gasteiger partial charge on any atom is -0.462 e. The fourth-order valence-electron chi connectivity index (χ4n) is 12.8. The van der Waals surface area contributed by atoms with E-state index in [9.17, 15) is 43.2 Å². The lowest BCUT2D eigenvalue weighted by molar-refractivity contribution is -0.161. The Bertz CT molecular complexity index is 1980. The van der Waals surface area contributed by atoms with Crippen LogP contribution in [0.15, 0.2) is 0 Å². The van der Waals surface area contributed by atoms with Gasteiger partial charge in [0.05, 0.1) is 26.4 Å². The zero-order chi connectivity index (χ0) is 75.1. The molecule has 17 nitrogen and oxygen atoms in total. The van der Waals surface area contributed by atoms with Gasteiger partial charge in [0, 0.05) is 25.7 Å². The van der Waals surface area contributed by atoms with Crippen molar-refractivity contribution in [2.75, 3.05) is 39.6 Å². The highest BCUT2D eigenvalue weighted by atomic mass is 31.2. The maximum atomic E-state index is 13.1. The molecule has 0 aromatic carbocycles. The number of carbonyl (C=O) groups is 4. The van der Waals surface area contributed by atoms with E-state index in [1.165, 1.54) is 244 Å². The van der Waals surface area contributed by atoms with Crippen LogP contribution in [-0.4, -0.2) is 96.7 Å². The molecule has 0 saturated heterocycles. The van der Waals surface area contributed by atoms with Crippen molar-refractivity contribution in [3.8, 4) is 0 Å². The minimum atomic E-state index is -4.96. The maximum Gasteiger partial charge on any atom is 0.472 e. The summed E-state index contributed by atoms with van der Waals surface area (Å²) in [6, 6.07) is 0. The predicted molar refractivity (Wildman–Crippen MR) is 418 cm³/mol. The van der Waals surface area contributed by atoms with Gasteiger partial charge in [-0.15, -0.1) is 0 Å². The summed E-state index contributed by atoms with van der Waals surface area (Å²) in [5.41, 5.74) is 0. The van der Waals surface area contributed by atoms with Gasteiger partial charge in [-0.1, -0.05) is 382 Å². The number of phosphoric acid groups is 2. The van der Waals surface area contributed by atoms with Crippen LogP contribution in [-0.2, 0) is 65.4 Å². The average molecular weight is 1490 g/mol. The molecule has 0 spiro atoms. The Morgan fingerprint density at radius 2 is 0.500 bits per heavy atom. The van der Waals surface area contributed by atoms with Crippen molar-refractivity contribution in [3.63, 3.8) is 0 Å². The number of aliphatic hydroxyl groups excluding tert-OH is 1. The molecular formula is C83H162O17P2. The van der Waals surface area contributed by atoms with Crippen molar-refractivity contribution in [2.45, 2.75) is 452 Å². The van der Waals surface area contributed by atoms with Crippen LogP contribution < -0.4 is 0 Å². The Hall–Kier alpha value is -1.94. The van der Waals surface area contributed by atoms with Gasteiger partial charge in [-0.05, 0) is 43.4 Å². The lowest BCUT2D eigenvalue weighted by Crippen LogP contribution is -2.30. The number of phosphoric ester groups is 2. The highest BCUT2D eigenvalue weighted by Gasteiger charge is 2.30. The highest BCUT2D eigenvalue weighted by Crippen LogP contribution is 2.45. The molecule has 606 valence electrons. The number of aliphatic hydroxyl groups is 1. The summed E-state index contributed by atoms with van der Waals surface area (Å²) in [6.45, 7) is 12.0. The van der Waals surface area contributed by atoms with Crippen LogP contribution in [0.1, 0.15) is 434 Å². The van der Waals surface area contributed by atoms with E-state index in [-0.39, 0.29) is 25.7 Å². The third-order valence-electron chi connectivity index (χ3n) is 19.7. The molecule has 0 aliphatic rings. The predicted octanol–water partition coefficient (Wildman–Crippen LogP) is 24.9. The van der Waals surface area contributed by atoms with Gasteiger partial charge in [0.1, 0.15) is 19.3 Å². The quantitative estimate of drug-likeness (QED) is 0.0222. The molecule has 0 aromatic heterocycles. The molecule has 102 heavy (non-hydrogen) atoms. The van der Waals surface area contributed by atoms with Crippen molar-refractivity contribution in [1.29, 1.82) is 0 Å². The number of carbonyl (C=O) groups excluding carboxylic acids is 4. The van der Waals surface area contributed by atoms with Crippen molar-refractivity contribution in [2.24, 2.45) is 17.8 Å². The lowest BCUT2D eigenvalue weighted by atomic mass is 9.99. The van der Waals surface area contributed by atoms with Gasteiger partial charge in [-0.3, -0.25) is 37.3 Å². The molecule has 0 radical (unpaired) electrons. The van der Waals surface area contributed by atoms with Gasteiger partial charge in [0.25, 0.3) is 0 Å². The Kier molecular flexibility index (Phi) is 71.8. The molecule has 3 N–H and O–H groups in total. The molecule has 0 bridgehead atoms. The molecule has 0 aliphatic heterocycles. The summed E-state index contributed by atoms with van der Waals surface area (Å²) in [5, 5.41) is 10.6. The third-order valence-corrected chi connectivity index (χ3v) is 21.6. The molecule has 19 heteroatoms. The third kappa shape index (κ3) is 74.9. The summed E-state index contributed by atoms with van der Waals surface area (Å²) in [5.74, 6) is 0.314. The number of rotatable bonds is 81. The summed E-state index contributed by atoms with van der Waals surface area (Å²) in [4.78, 5) is 73.1. The van der Waals surface area contributed by atoms with Crippen LogP contribution in [0.3, 0.4) is 0 Å². The standard InChI is InChI=1S/C83H162O17P2/c1-8-10-11-12-13-14-36-43-50-57-64-80(85)93-70-78(100-83(88)67-60-53-46-39-32-31-34-41-48-55-62-75(5)6)72-97-101(89,90)95-68-77(84)69-96-102(91,92)98-73-79(71-94-81(86)65-58-51-44-37-29-25-22-21-24-28-35-42-49-56-63-76(7)9-2)99-82(87)66-59-52-45-38-30-26-20-18-16-15-17-19-23-27-33-40-47-54-61-74(3)4/h74-79,84H,8-73H2,1-7H3,(H,89,90)(H,91,92)/t76?,77-,78+,79+/m0/s1. The van der Waals surface area contributed by atoms with E-state index in [0.717, 1.165) is 108 Å². The van der Waals surface area contributed by atoms with E-state index in [2.05, 4.69) is 48.5 Å². The molecule has 0 fully saturated rings. The monoisotopic (exact) mass is 1490 g/mol. The number of esters is 4. The summed E-state index contributed by atoms with van der Waals surface area (Å²) >= 11 is 0. The topological polar surface area (TPSA) is 237 Å². The first-order valence-corrected chi connectivity index (χ1v) is 45.9. The first-order chi connectivity index (χ1) is 49.3. The zero-order valence-corrected chi connectivity index (χ0v) is 68.9. The second kappa shape index (κ2) is 73.2. The van der Waals surface area contributed by atoms with E-state index in [0.29, 0.717) is 25.7 Å². The smallest absolute Gasteiger partial charge is 0.462 e. The second-order valence-electron chi connectivity index (χ2n) is 31.1. The number of unbranched alkanes of at least 4 members (excludes halogenated alkanes) is 48. The Balaban J connectivity index is 5.22. The normalized spacial score (nSPS) is 14.2. The van der Waals surface area contributed by atoms with Gasteiger partial charge in [-0.25, -0.2) is 9.13 Å². The molecule has 6 atom stereocenters. The number of ether oxygens (including phenoxy) is 4. The maximum absolute atomic E-state index is 13.1. The van der Waals surface area contributed by atoms with Crippen molar-refractivity contribution in [3.05, 3.63) is 0 Å². The largest absolute Gasteiger partial charge is 0.472 e. The Morgan fingerprint density at radius 1 is 0.284 bits per heavy atom. The zero-order valence-electron chi connectivity index (χ0n) is 67.1. The fraction of sp³-hybridized carbons (Fsp3) is 0.952. The number of hydrogen-bond donors (Lipinski definition) is 3. The molecule has 3 unspecified atom stereocenters. The van der Waals surface area contributed by atoms with E-state index < -0.39 is 97.5 Å². The SMILES string of the molecule is CCCCCCCCCCCCC(=O)OC[C@H](COP(=O)(O)OC[C@H](O)COP(=O)(O)OC[C@@H](COC(=O)CCCCCCCCCCCCCCCCC(C)CC)OC(=O)CCCCCCCCCCCCCCCCCCCCC(C)C)OC(=O)CCCCCCCCCCCCC(C)C. The lowest BCUT2D eigenvalue weighted by Gasteiger charge is -2.21. The minimum absolute atomic E-state index is 0.106. The van der Waals surface area contributed by atoms with Gasteiger partial charge in [0.2, 0.25) is 0 Å². The molecule has 0 aromatic rings. The highest BCUT2D eigenvalue weighted by molar-refractivity contribution is 7.47. The van der Waals surface area contributed by atoms with Gasteiger partial charge in [-0.2, -0.15) is 0 Å². The summed E-state index contributed by atoms with van der Waals surface area (Å²) < 4.78 is 68.8. The van der Waals surface area contributed by atoms with Gasteiger partial charge < -0.3 is 33.8 Å². The van der Waals surface area contributed by atoms with Crippen LogP contribution in [0.2, 0.25) is 0 Å². The summed E-state index contributed by atoms with van der Waals surface area (Å²) in [6.07, 6.45) is 62.4. The van der Waals surface area contributed by atoms with Crippen LogP contribution in [0.5, 0.6) is 0 Å². The van der Waals surface area contributed by atoms with Crippen molar-refractivity contribution < 1.29 is 80.2 Å². The first-order valence-electron chi connectivity index (χ1n) is 42.9. The molecular weight excluding hydrogens is 1330 g/mol. The molecule has 0 aliphatic carbocycles. The fourth-order valence-corrected chi connectivity index (χ4v) is 14.4. The molecule has 0 heterocycles. The molecule has 0 saturated carbocycles. The van der Waals surface area contributed by atoms with Gasteiger partial charge in [0.15, 0.2) is 12.2 Å². The molecule has 0 rings (SSSR count). The molecule has 0 amide bonds. The first kappa shape index (κ1) is 100. The second-order valence-corrected chi connectivity index (χ2v) is 34.0. The van der Waals surface area contributed by atoms with E-state index in [4.69, 9.17) is 37.0 Å². The van der Waals surface area contributed by atoms with Crippen molar-refractivity contribution >= 4 is 39.5 Å². The van der Waals surface area contributed by atoms with Crippen molar-refractivity contribution in [1.82, 2.24) is 0 Å². The van der Waals surface area contributed by atoms with Gasteiger partial charge >= 0.3 is 39.5 Å². The van der Waals surface area contributed by atoms with E-state index in [1.54, 1.807) is 0 Å². The average Bonchev–Trinajstić information content (AvgIpc) is 1.56.